The number of rotatable bonds is 8. The number of fused-ring (bicyclic) bond motifs is 7. The number of benzene rings is 9. The predicted molar refractivity (Wildman–Crippen MR) is 288 cm³/mol. The van der Waals surface area contributed by atoms with Gasteiger partial charge in [-0.15, -0.1) is 0 Å². The molecule has 0 spiro atoms. The van der Waals surface area contributed by atoms with E-state index in [0.717, 1.165) is 55.0 Å². The van der Waals surface area contributed by atoms with Gasteiger partial charge < -0.3 is 0 Å². The summed E-state index contributed by atoms with van der Waals surface area (Å²) in [6.07, 6.45) is 1.85. The van der Waals surface area contributed by atoms with Crippen molar-refractivity contribution < 1.29 is 37.8 Å². The normalized spacial score (nSPS) is 13.9. The van der Waals surface area contributed by atoms with Crippen LogP contribution in [0.25, 0.3) is 99.8 Å². The Morgan fingerprint density at radius 3 is 1.56 bits per heavy atom. The molecule has 0 radical (unpaired) electrons. The molecule has 0 amide bonds. The molecule has 0 bridgehead atoms. The van der Waals surface area contributed by atoms with Crippen LogP contribution in [-0.4, -0.2) is 23.3 Å². The fraction of sp³-hybridized carbons (Fsp3) is 0.0625. The first-order valence-electron chi connectivity index (χ1n) is 28.2. The summed E-state index contributed by atoms with van der Waals surface area (Å²) in [5.41, 5.74) is 7.25. The van der Waals surface area contributed by atoms with Crippen LogP contribution in [0.3, 0.4) is 0 Å². The predicted octanol–water partition coefficient (Wildman–Crippen LogP) is 16.5. The average molecular weight is 1110 g/mol. The van der Waals surface area contributed by atoms with Crippen molar-refractivity contribution in [2.24, 2.45) is 0 Å². The second-order valence-electron chi connectivity index (χ2n) is 18.4. The van der Waals surface area contributed by atoms with Crippen molar-refractivity contribution in [3.63, 3.8) is 0 Å². The fourth-order valence-corrected chi connectivity index (χ4v) is 11.1. The molecule has 0 unspecified atom stereocenters. The molecule has 13 aromatic rings. The van der Waals surface area contributed by atoms with Gasteiger partial charge in [-0.05, 0) is 17.0 Å². The topological polar surface area (TPSA) is 41.8 Å². The molecule has 13 rings (SSSR count). The first-order valence-corrected chi connectivity index (χ1v) is 24.3. The van der Waals surface area contributed by atoms with Crippen LogP contribution in [0.15, 0.2) is 230 Å². The molecule has 0 saturated carbocycles. The van der Waals surface area contributed by atoms with Crippen LogP contribution in [-0.2, 0) is 24.8 Å². The van der Waals surface area contributed by atoms with Crippen molar-refractivity contribution in [1.29, 1.82) is 0 Å². The summed E-state index contributed by atoms with van der Waals surface area (Å²) in [5.74, 6) is 1.91. The molecule has 0 aliphatic rings. The first kappa shape index (κ1) is 33.3. The zero-order valence-electron chi connectivity index (χ0n) is 48.6. The zero-order valence-corrected chi connectivity index (χ0v) is 40.9. The minimum atomic E-state index is -0.578. The summed E-state index contributed by atoms with van der Waals surface area (Å²) in [7, 11) is 0. The molecule has 9 aromatic carbocycles. The molecule has 0 N–H and O–H groups in total. The molecule has 0 aliphatic heterocycles. The Bertz CT molecular complexity index is 4700. The van der Waals surface area contributed by atoms with Crippen molar-refractivity contribution in [3.8, 4) is 56.6 Å². The number of nitrogens with zero attached hydrogens (tertiary/aromatic N) is 5. The Kier molecular flexibility index (Phi) is 7.95. The van der Waals surface area contributed by atoms with Gasteiger partial charge in [0, 0.05) is 6.20 Å². The third kappa shape index (κ3) is 7.20. The molecule has 0 aliphatic carbocycles. The van der Waals surface area contributed by atoms with Gasteiger partial charge in [0.05, 0.1) is 0 Å². The number of imidazole rings is 1. The Labute approximate surface area is 436 Å². The monoisotopic (exact) mass is 1110 g/mol. The molecule has 4 aromatic heterocycles. The van der Waals surface area contributed by atoms with E-state index in [0.29, 0.717) is 37.7 Å². The van der Waals surface area contributed by atoms with Gasteiger partial charge in [-0.3, -0.25) is 0 Å². The molecule has 7 heteroatoms. The maximum absolute atomic E-state index is 9.55. The zero-order chi connectivity index (χ0) is 56.5. The molecule has 71 heavy (non-hydrogen) atoms. The van der Waals surface area contributed by atoms with E-state index in [1.54, 1.807) is 12.1 Å². The molecule has 0 saturated heterocycles. The Hall–Kier alpha value is -8.31. The van der Waals surface area contributed by atoms with Crippen molar-refractivity contribution in [2.45, 2.75) is 26.2 Å². The van der Waals surface area contributed by atoms with Crippen molar-refractivity contribution in [2.75, 3.05) is 0 Å². The molecule has 344 valence electrons. The van der Waals surface area contributed by atoms with Gasteiger partial charge in [-0.2, -0.15) is 0 Å². The van der Waals surface area contributed by atoms with Gasteiger partial charge in [0.1, 0.15) is 0 Å². The molecular formula is C64H47N5OPt. The maximum atomic E-state index is 9.55. The Morgan fingerprint density at radius 1 is 0.451 bits per heavy atom. The summed E-state index contributed by atoms with van der Waals surface area (Å²) in [6.45, 7) is 6.55. The summed E-state index contributed by atoms with van der Waals surface area (Å²) < 4.78 is 107. The molecule has 0 atom stereocenters. The first-order chi connectivity index (χ1) is 38.9. The Morgan fingerprint density at radius 2 is 0.972 bits per heavy atom. The van der Waals surface area contributed by atoms with E-state index in [4.69, 9.17) is 17.9 Å². The average Bonchev–Trinajstić information content (AvgIpc) is 3.57. The van der Waals surface area contributed by atoms with Crippen LogP contribution in [0.5, 0.6) is 11.5 Å². The van der Waals surface area contributed by atoms with Crippen LogP contribution in [0.1, 0.15) is 40.0 Å². The number of hydrogen-bond donors (Lipinski definition) is 0. The van der Waals surface area contributed by atoms with E-state index in [2.05, 4.69) is 75.0 Å². The van der Waals surface area contributed by atoms with E-state index in [1.807, 2.05) is 141 Å². The molecule has 6 nitrogen and oxygen atoms in total. The minimum absolute atomic E-state index is 0.101. The standard InChI is InChI=1S/C64H47N5O.Pt/c1-64(2,3)45-35-36-65-62(37-45)69-58-30-15-12-27-52(58)53-34-33-49(41-61(53)69)70-48-24-18-23-46(38-48)66-42-67(60-32-17-16-31-59(60)66)63-54(43-19-6-4-7-20-43)39-47(40-55(63)44-21-8-5-9-22-44)68-56-28-13-10-25-50(56)51-26-11-14-29-57(51)68;/h4-41H,1-3H3;/i4D,5D,6D,7D,8D,9D,19D,20D,21D,22D;. The van der Waals surface area contributed by atoms with E-state index >= 15 is 0 Å². The Balaban J connectivity index is 1.07. The van der Waals surface area contributed by atoms with Gasteiger partial charge in [-0.25, -0.2) is 0 Å². The van der Waals surface area contributed by atoms with Crippen LogP contribution < -0.4 is 4.74 Å². The van der Waals surface area contributed by atoms with E-state index in [1.165, 1.54) is 0 Å². The summed E-state index contributed by atoms with van der Waals surface area (Å²) >= 11 is 2.21. The molecular weight excluding hydrogens is 1050 g/mol. The molecule has 0 fully saturated rings. The number of hydrogen-bond acceptors (Lipinski definition) is 2. The third-order valence-corrected chi connectivity index (χ3v) is 14.2. The van der Waals surface area contributed by atoms with Crippen LogP contribution in [0.4, 0.5) is 0 Å². The van der Waals surface area contributed by atoms with E-state index < -0.39 is 60.4 Å². The summed E-state index contributed by atoms with van der Waals surface area (Å²) in [4.78, 5) is 4.86. The second-order valence-corrected chi connectivity index (χ2v) is 19.5. The summed E-state index contributed by atoms with van der Waals surface area (Å²) in [6, 6.07) is 47.6. The number of pyridine rings is 1. The number of para-hydroxylation sites is 5. The van der Waals surface area contributed by atoms with Crippen molar-refractivity contribution >= 4 is 54.6 Å². The van der Waals surface area contributed by atoms with Gasteiger partial charge in [0.25, 0.3) is 0 Å². The van der Waals surface area contributed by atoms with Gasteiger partial charge in [0.15, 0.2) is 0 Å². The van der Waals surface area contributed by atoms with E-state index in [9.17, 15) is 5.48 Å². The summed E-state index contributed by atoms with van der Waals surface area (Å²) in [5, 5.41) is 3.97. The number of ether oxygens (including phenoxy) is 1. The van der Waals surface area contributed by atoms with E-state index in [-0.39, 0.29) is 33.4 Å². The van der Waals surface area contributed by atoms with Crippen molar-refractivity contribution in [1.82, 2.24) is 23.3 Å². The number of aromatic nitrogens is 5. The molecule has 4 heterocycles. The van der Waals surface area contributed by atoms with Crippen LogP contribution in [0.2, 0.25) is 0 Å². The fourth-order valence-electron chi connectivity index (χ4n) is 10.0. The van der Waals surface area contributed by atoms with Crippen molar-refractivity contribution in [3.05, 3.63) is 240 Å². The van der Waals surface area contributed by atoms with Gasteiger partial charge in [-0.1, -0.05) is 32.9 Å². The van der Waals surface area contributed by atoms with Gasteiger partial charge in [0.2, 0.25) is 0 Å². The van der Waals surface area contributed by atoms with Gasteiger partial charge >= 0.3 is 382 Å². The third-order valence-electron chi connectivity index (χ3n) is 13.2. The SMILES string of the molecule is [2H]c1c([2H])c([2H])c(-c2cc(-n3c4ccccc4c4ccccc43)cc(-c3c([2H])c([2H])c([2H])c([2H])c3[2H])c2-n2[c](=[Pt])n(-c3cccc(Oc4ccc5c6ccccc6n(-c6cc(C(C)(C)C)ccn6)c5c4)c3)c3ccccc32)c([2H])c1[2H]. The quantitative estimate of drug-likeness (QED) is 0.152. The van der Waals surface area contributed by atoms with Crippen LogP contribution >= 0.6 is 0 Å². The second kappa shape index (κ2) is 17.0. The van der Waals surface area contributed by atoms with Crippen LogP contribution in [0, 0.1) is 3.80 Å².